The van der Waals surface area contributed by atoms with Crippen LogP contribution in [0.2, 0.25) is 0 Å². The quantitative estimate of drug-likeness (QED) is 0.559. The molecule has 4 rings (SSSR count). The number of rotatable bonds is 5. The third-order valence-electron chi connectivity index (χ3n) is 5.62. The maximum atomic E-state index is 12.8. The van der Waals surface area contributed by atoms with Gasteiger partial charge in [-0.25, -0.2) is 13.4 Å². The summed E-state index contributed by atoms with van der Waals surface area (Å²) in [6.07, 6.45) is 1.67. The molecule has 1 fully saturated rings. The van der Waals surface area contributed by atoms with Crippen LogP contribution >= 0.6 is 22.7 Å². The monoisotopic (exact) mass is 480 g/mol. The smallest absolute Gasteiger partial charge is 0.262 e. The highest BCUT2D eigenvalue weighted by molar-refractivity contribution is 7.91. The number of carbonyl (C=O) groups excluding carboxylic acids is 1. The van der Waals surface area contributed by atoms with Crippen LogP contribution in [0.25, 0.3) is 10.2 Å². The van der Waals surface area contributed by atoms with Crippen molar-refractivity contribution in [2.75, 3.05) is 26.2 Å². The Morgan fingerprint density at radius 1 is 1.10 bits per heavy atom. The fourth-order valence-corrected chi connectivity index (χ4v) is 7.51. The molecule has 0 unspecified atom stereocenters. The Morgan fingerprint density at radius 3 is 2.45 bits per heavy atom. The van der Waals surface area contributed by atoms with Crippen LogP contribution in [0.1, 0.15) is 21.7 Å². The molecule has 0 aromatic carbocycles. The van der Waals surface area contributed by atoms with E-state index in [1.165, 1.54) is 37.9 Å². The van der Waals surface area contributed by atoms with Crippen molar-refractivity contribution < 1.29 is 13.2 Å². The van der Waals surface area contributed by atoms with Crippen molar-refractivity contribution in [2.24, 2.45) is 0 Å². The molecule has 0 saturated carbocycles. The maximum Gasteiger partial charge on any atom is 0.262 e. The molecule has 1 amide bonds. The molecule has 1 aliphatic heterocycles. The Hall–Kier alpha value is -2.08. The average molecular weight is 481 g/mol. The normalized spacial score (nSPS) is 15.6. The van der Waals surface area contributed by atoms with E-state index in [0.29, 0.717) is 22.7 Å². The van der Waals surface area contributed by atoms with Crippen LogP contribution in [0.4, 0.5) is 0 Å². The fraction of sp³-hybridized carbons (Fsp3) is 0.450. The van der Waals surface area contributed by atoms with E-state index in [0.717, 1.165) is 20.1 Å². The molecule has 0 aliphatic carbocycles. The molecule has 11 heteroatoms. The first kappa shape index (κ1) is 22.1. The first-order valence-electron chi connectivity index (χ1n) is 9.98. The van der Waals surface area contributed by atoms with Gasteiger partial charge in [0.25, 0.3) is 15.6 Å². The number of hydrogen-bond donors (Lipinski definition) is 0. The van der Waals surface area contributed by atoms with E-state index in [1.54, 1.807) is 17.0 Å². The van der Waals surface area contributed by atoms with Crippen molar-refractivity contribution in [3.8, 4) is 0 Å². The first-order valence-corrected chi connectivity index (χ1v) is 13.1. The Balaban J connectivity index is 1.38. The van der Waals surface area contributed by atoms with Gasteiger partial charge in [0.15, 0.2) is 0 Å². The summed E-state index contributed by atoms with van der Waals surface area (Å²) in [6.45, 7) is 7.24. The van der Waals surface area contributed by atoms with Gasteiger partial charge in [-0.3, -0.25) is 14.2 Å². The molecule has 31 heavy (non-hydrogen) atoms. The molecule has 0 atom stereocenters. The molecule has 1 saturated heterocycles. The molecular weight excluding hydrogens is 456 g/mol. The van der Waals surface area contributed by atoms with Gasteiger partial charge in [0.05, 0.1) is 11.7 Å². The number of piperazine rings is 1. The summed E-state index contributed by atoms with van der Waals surface area (Å²) >= 11 is 2.76. The standard InChI is InChI=1S/C20H24N4O4S3/c1-13-4-5-17(29-13)31(27,28)24-10-8-22(9-11-24)16(25)6-7-23-12-21-19-18(20(23)26)14(2)15(3)30-19/h4-5,12H,6-11H2,1-3H3. The lowest BCUT2D eigenvalue weighted by Crippen LogP contribution is -2.50. The largest absolute Gasteiger partial charge is 0.340 e. The minimum Gasteiger partial charge on any atom is -0.340 e. The SMILES string of the molecule is Cc1ccc(S(=O)(=O)N2CCN(C(=O)CCn3cnc4sc(C)c(C)c4c3=O)CC2)s1. The lowest BCUT2D eigenvalue weighted by atomic mass is 10.2. The first-order chi connectivity index (χ1) is 14.7. The minimum absolute atomic E-state index is 0.0887. The minimum atomic E-state index is -3.51. The van der Waals surface area contributed by atoms with E-state index >= 15 is 0 Å². The van der Waals surface area contributed by atoms with Crippen molar-refractivity contribution in [3.63, 3.8) is 0 Å². The Bertz CT molecular complexity index is 1300. The van der Waals surface area contributed by atoms with Gasteiger partial charge in [0.2, 0.25) is 5.91 Å². The van der Waals surface area contributed by atoms with Gasteiger partial charge in [-0.2, -0.15) is 4.31 Å². The van der Waals surface area contributed by atoms with Gasteiger partial charge >= 0.3 is 0 Å². The summed E-state index contributed by atoms with van der Waals surface area (Å²) in [6, 6.07) is 3.43. The topological polar surface area (TPSA) is 92.6 Å². The zero-order chi connectivity index (χ0) is 22.3. The van der Waals surface area contributed by atoms with E-state index in [4.69, 9.17) is 0 Å². The van der Waals surface area contributed by atoms with Crippen molar-refractivity contribution in [3.05, 3.63) is 44.1 Å². The second-order valence-electron chi connectivity index (χ2n) is 7.61. The van der Waals surface area contributed by atoms with Crippen molar-refractivity contribution in [1.29, 1.82) is 0 Å². The third kappa shape index (κ3) is 4.19. The highest BCUT2D eigenvalue weighted by atomic mass is 32.2. The van der Waals surface area contributed by atoms with E-state index < -0.39 is 10.0 Å². The molecule has 0 bridgehead atoms. The number of sulfonamides is 1. The van der Waals surface area contributed by atoms with Gasteiger partial charge in [-0.1, -0.05) is 0 Å². The molecule has 4 heterocycles. The molecule has 3 aromatic rings. The lowest BCUT2D eigenvalue weighted by molar-refractivity contribution is -0.132. The number of aryl methyl sites for hydroxylation is 4. The van der Waals surface area contributed by atoms with Crippen molar-refractivity contribution in [1.82, 2.24) is 18.8 Å². The predicted octanol–water partition coefficient (Wildman–Crippen LogP) is 2.37. The van der Waals surface area contributed by atoms with Crippen LogP contribution < -0.4 is 5.56 Å². The number of nitrogens with zero attached hydrogens (tertiary/aromatic N) is 4. The Labute approximate surface area is 188 Å². The number of amides is 1. The zero-order valence-corrected chi connectivity index (χ0v) is 20.1. The molecule has 0 N–H and O–H groups in total. The fourth-order valence-electron chi connectivity index (χ4n) is 3.66. The van der Waals surface area contributed by atoms with Crippen LogP contribution in [0.15, 0.2) is 27.5 Å². The molecule has 0 radical (unpaired) electrons. The number of carbonyl (C=O) groups is 1. The second-order valence-corrected chi connectivity index (χ2v) is 12.3. The van der Waals surface area contributed by atoms with Crippen molar-refractivity contribution in [2.45, 2.75) is 37.9 Å². The molecule has 3 aromatic heterocycles. The molecule has 1 aliphatic rings. The van der Waals surface area contributed by atoms with E-state index in [2.05, 4.69) is 4.98 Å². The predicted molar refractivity (Wildman–Crippen MR) is 122 cm³/mol. The van der Waals surface area contributed by atoms with Gasteiger partial charge in [-0.15, -0.1) is 22.7 Å². The maximum absolute atomic E-state index is 12.8. The van der Waals surface area contributed by atoms with Gasteiger partial charge < -0.3 is 4.90 Å². The van der Waals surface area contributed by atoms with E-state index in [-0.39, 0.29) is 37.5 Å². The Morgan fingerprint density at radius 2 is 1.81 bits per heavy atom. The molecule has 0 spiro atoms. The van der Waals surface area contributed by atoms with Gasteiger partial charge in [0.1, 0.15) is 9.04 Å². The summed E-state index contributed by atoms with van der Waals surface area (Å²) in [7, 11) is -3.51. The van der Waals surface area contributed by atoms with Crippen LogP contribution in [-0.2, 0) is 21.4 Å². The van der Waals surface area contributed by atoms with Crippen LogP contribution in [0.3, 0.4) is 0 Å². The highest BCUT2D eigenvalue weighted by Gasteiger charge is 2.30. The average Bonchev–Trinajstić information content (AvgIpc) is 3.31. The van der Waals surface area contributed by atoms with Crippen molar-refractivity contribution >= 4 is 48.8 Å². The summed E-state index contributed by atoms with van der Waals surface area (Å²) in [5, 5.41) is 0.625. The van der Waals surface area contributed by atoms with E-state index in [1.807, 2.05) is 20.8 Å². The number of thiophene rings is 2. The second kappa shape index (κ2) is 8.45. The number of aromatic nitrogens is 2. The molecular formula is C20H24N4O4S3. The Kier molecular flexibility index (Phi) is 6.03. The summed E-state index contributed by atoms with van der Waals surface area (Å²) in [5.74, 6) is -0.0887. The van der Waals surface area contributed by atoms with E-state index in [9.17, 15) is 18.0 Å². The summed E-state index contributed by atoms with van der Waals surface area (Å²) < 4.78 is 28.8. The summed E-state index contributed by atoms with van der Waals surface area (Å²) in [4.78, 5) is 34.2. The van der Waals surface area contributed by atoms with Gasteiger partial charge in [-0.05, 0) is 38.5 Å². The third-order valence-corrected chi connectivity index (χ3v) is 10.1. The number of hydrogen-bond acceptors (Lipinski definition) is 7. The van der Waals surface area contributed by atoms with Crippen LogP contribution in [0, 0.1) is 20.8 Å². The zero-order valence-electron chi connectivity index (χ0n) is 17.6. The van der Waals surface area contributed by atoms with Gasteiger partial charge in [0, 0.05) is 48.9 Å². The highest BCUT2D eigenvalue weighted by Crippen LogP contribution is 2.26. The van der Waals surface area contributed by atoms with Crippen LogP contribution in [-0.4, -0.2) is 59.3 Å². The number of fused-ring (bicyclic) bond motifs is 1. The lowest BCUT2D eigenvalue weighted by Gasteiger charge is -2.33. The molecule has 166 valence electrons. The summed E-state index contributed by atoms with van der Waals surface area (Å²) in [5.41, 5.74) is 0.818. The molecule has 8 nitrogen and oxygen atoms in total. The van der Waals surface area contributed by atoms with Crippen LogP contribution in [0.5, 0.6) is 0 Å².